The highest BCUT2D eigenvalue weighted by molar-refractivity contribution is 5.97. The standard InChI is InChI=1S/C28H37N3O6/c1-34-22-8-6-21(7-9-22)31-26(32)12-10-23(27(31)20-5-11-24(35-2)25(19-20)36-3)28(33)29-13-4-14-30-15-17-37-18-16-30/h5-9,11,19,23,27H,4,10,12-18H2,1-3H3,(H,29,33)/t23-,27+/m0/s1. The van der Waals surface area contributed by atoms with Gasteiger partial charge in [-0.1, -0.05) is 6.07 Å². The summed E-state index contributed by atoms with van der Waals surface area (Å²) in [6.07, 6.45) is 1.63. The Bertz CT molecular complexity index is 1050. The lowest BCUT2D eigenvalue weighted by molar-refractivity contribution is -0.129. The number of morpholine rings is 1. The summed E-state index contributed by atoms with van der Waals surface area (Å²) in [5, 5.41) is 3.14. The maximum absolute atomic E-state index is 13.5. The highest BCUT2D eigenvalue weighted by atomic mass is 16.5. The quantitative estimate of drug-likeness (QED) is 0.491. The Morgan fingerprint density at radius 2 is 1.73 bits per heavy atom. The third-order valence-corrected chi connectivity index (χ3v) is 7.09. The van der Waals surface area contributed by atoms with Crippen molar-refractivity contribution in [1.82, 2.24) is 10.2 Å². The molecule has 200 valence electrons. The van der Waals surface area contributed by atoms with Gasteiger partial charge in [-0.05, 0) is 61.3 Å². The van der Waals surface area contributed by atoms with Gasteiger partial charge in [-0.3, -0.25) is 14.5 Å². The lowest BCUT2D eigenvalue weighted by atomic mass is 9.83. The molecule has 9 heteroatoms. The van der Waals surface area contributed by atoms with E-state index in [1.165, 1.54) is 0 Å². The summed E-state index contributed by atoms with van der Waals surface area (Å²) >= 11 is 0. The van der Waals surface area contributed by atoms with Gasteiger partial charge in [0.1, 0.15) is 5.75 Å². The molecule has 0 saturated carbocycles. The number of carbonyl (C=O) groups excluding carboxylic acids is 2. The predicted octanol–water partition coefficient (Wildman–Crippen LogP) is 3.04. The molecule has 2 aliphatic rings. The van der Waals surface area contributed by atoms with Gasteiger partial charge in [0.05, 0.1) is 46.5 Å². The van der Waals surface area contributed by atoms with E-state index >= 15 is 0 Å². The van der Waals surface area contributed by atoms with Crippen LogP contribution in [0.2, 0.25) is 0 Å². The monoisotopic (exact) mass is 511 g/mol. The van der Waals surface area contributed by atoms with Crippen molar-refractivity contribution in [2.45, 2.75) is 25.3 Å². The van der Waals surface area contributed by atoms with Crippen LogP contribution in [-0.4, -0.2) is 77.4 Å². The number of piperidine rings is 1. The summed E-state index contributed by atoms with van der Waals surface area (Å²) in [7, 11) is 4.76. The number of nitrogens with zero attached hydrogens (tertiary/aromatic N) is 2. The molecule has 9 nitrogen and oxygen atoms in total. The summed E-state index contributed by atoms with van der Waals surface area (Å²) in [6, 6.07) is 12.4. The number of hydrogen-bond acceptors (Lipinski definition) is 7. The molecule has 0 bridgehead atoms. The van der Waals surface area contributed by atoms with Crippen LogP contribution < -0.4 is 24.4 Å². The molecule has 0 spiro atoms. The number of ether oxygens (including phenoxy) is 4. The SMILES string of the molecule is COc1ccc(N2C(=O)CC[C@H](C(=O)NCCCN3CCOCC3)[C@H]2c2ccc(OC)c(OC)c2)cc1. The minimum atomic E-state index is -0.492. The van der Waals surface area contributed by atoms with E-state index in [1.807, 2.05) is 42.5 Å². The van der Waals surface area contributed by atoms with Crippen LogP contribution in [0, 0.1) is 5.92 Å². The third-order valence-electron chi connectivity index (χ3n) is 7.09. The van der Waals surface area contributed by atoms with Gasteiger partial charge in [-0.25, -0.2) is 0 Å². The van der Waals surface area contributed by atoms with Crippen molar-refractivity contribution in [3.8, 4) is 17.2 Å². The highest BCUT2D eigenvalue weighted by Crippen LogP contribution is 2.42. The molecule has 2 amide bonds. The minimum absolute atomic E-state index is 0.0266. The Morgan fingerprint density at radius 3 is 2.41 bits per heavy atom. The first-order valence-electron chi connectivity index (χ1n) is 12.8. The fraction of sp³-hybridized carbons (Fsp3) is 0.500. The number of hydrogen-bond donors (Lipinski definition) is 1. The number of carbonyl (C=O) groups is 2. The van der Waals surface area contributed by atoms with Gasteiger partial charge in [-0.15, -0.1) is 0 Å². The fourth-order valence-electron chi connectivity index (χ4n) is 5.10. The first kappa shape index (κ1) is 26.8. The van der Waals surface area contributed by atoms with E-state index in [-0.39, 0.29) is 11.8 Å². The second-order valence-electron chi connectivity index (χ2n) is 9.26. The highest BCUT2D eigenvalue weighted by Gasteiger charge is 2.41. The van der Waals surface area contributed by atoms with Gasteiger partial charge in [0.15, 0.2) is 11.5 Å². The summed E-state index contributed by atoms with van der Waals surface area (Å²) in [6.45, 7) is 4.88. The molecule has 1 N–H and O–H groups in total. The lowest BCUT2D eigenvalue weighted by Crippen LogP contribution is -2.48. The lowest BCUT2D eigenvalue weighted by Gasteiger charge is -2.41. The predicted molar refractivity (Wildman–Crippen MR) is 140 cm³/mol. The Balaban J connectivity index is 1.58. The topological polar surface area (TPSA) is 89.6 Å². The Labute approximate surface area is 218 Å². The van der Waals surface area contributed by atoms with E-state index in [1.54, 1.807) is 26.2 Å². The van der Waals surface area contributed by atoms with Gasteiger partial charge >= 0.3 is 0 Å². The molecule has 0 unspecified atom stereocenters. The molecule has 2 fully saturated rings. The van der Waals surface area contributed by atoms with Crippen LogP contribution in [0.4, 0.5) is 5.69 Å². The van der Waals surface area contributed by atoms with Crippen molar-refractivity contribution in [3.05, 3.63) is 48.0 Å². The second-order valence-corrected chi connectivity index (χ2v) is 9.26. The first-order chi connectivity index (χ1) is 18.0. The van der Waals surface area contributed by atoms with E-state index in [9.17, 15) is 9.59 Å². The van der Waals surface area contributed by atoms with Crippen molar-refractivity contribution in [1.29, 1.82) is 0 Å². The number of anilines is 1. The molecule has 2 saturated heterocycles. The van der Waals surface area contributed by atoms with Crippen LogP contribution >= 0.6 is 0 Å². The average Bonchev–Trinajstić information content (AvgIpc) is 2.95. The van der Waals surface area contributed by atoms with Gasteiger partial charge in [0.25, 0.3) is 0 Å². The van der Waals surface area contributed by atoms with Crippen molar-refractivity contribution in [2.75, 3.05) is 65.6 Å². The molecular formula is C28H37N3O6. The summed E-state index contributed by atoms with van der Waals surface area (Å²) in [4.78, 5) is 30.9. The van der Waals surface area contributed by atoms with E-state index < -0.39 is 12.0 Å². The zero-order valence-corrected chi connectivity index (χ0v) is 21.9. The molecular weight excluding hydrogens is 474 g/mol. The van der Waals surface area contributed by atoms with E-state index in [2.05, 4.69) is 10.2 Å². The smallest absolute Gasteiger partial charge is 0.227 e. The second kappa shape index (κ2) is 12.8. The average molecular weight is 512 g/mol. The third kappa shape index (κ3) is 6.34. The number of nitrogens with one attached hydrogen (secondary N) is 1. The van der Waals surface area contributed by atoms with Crippen LogP contribution in [0.25, 0.3) is 0 Å². The molecule has 2 aliphatic heterocycles. The fourth-order valence-corrected chi connectivity index (χ4v) is 5.10. The van der Waals surface area contributed by atoms with Gasteiger partial charge in [0.2, 0.25) is 11.8 Å². The molecule has 0 radical (unpaired) electrons. The molecule has 4 rings (SSSR count). The first-order valence-corrected chi connectivity index (χ1v) is 12.8. The molecule has 37 heavy (non-hydrogen) atoms. The van der Waals surface area contributed by atoms with Crippen molar-refractivity contribution < 1.29 is 28.5 Å². The van der Waals surface area contributed by atoms with Crippen molar-refractivity contribution >= 4 is 17.5 Å². The van der Waals surface area contributed by atoms with Gasteiger partial charge in [0, 0.05) is 31.7 Å². The molecule has 2 aromatic rings. The maximum atomic E-state index is 13.5. The summed E-state index contributed by atoms with van der Waals surface area (Å²) in [5.41, 5.74) is 1.53. The normalized spacial score (nSPS) is 20.4. The van der Waals surface area contributed by atoms with E-state index in [0.717, 1.165) is 50.5 Å². The minimum Gasteiger partial charge on any atom is -0.497 e. The zero-order chi connectivity index (χ0) is 26.2. The Morgan fingerprint density at radius 1 is 1.00 bits per heavy atom. The van der Waals surface area contributed by atoms with Gasteiger partial charge < -0.3 is 29.2 Å². The molecule has 0 aromatic heterocycles. The maximum Gasteiger partial charge on any atom is 0.227 e. The summed E-state index contributed by atoms with van der Waals surface area (Å²) < 4.78 is 21.7. The summed E-state index contributed by atoms with van der Waals surface area (Å²) in [5.74, 6) is 1.35. The van der Waals surface area contributed by atoms with Crippen LogP contribution in [0.15, 0.2) is 42.5 Å². The molecule has 2 aromatic carbocycles. The largest absolute Gasteiger partial charge is 0.497 e. The zero-order valence-electron chi connectivity index (χ0n) is 21.9. The van der Waals surface area contributed by atoms with E-state index in [4.69, 9.17) is 18.9 Å². The van der Waals surface area contributed by atoms with Gasteiger partial charge in [-0.2, -0.15) is 0 Å². The molecule has 2 heterocycles. The van der Waals surface area contributed by atoms with E-state index in [0.29, 0.717) is 36.6 Å². The Hall–Kier alpha value is -3.30. The van der Waals surface area contributed by atoms with Crippen LogP contribution in [-0.2, 0) is 14.3 Å². The number of methoxy groups -OCH3 is 3. The number of rotatable bonds is 10. The van der Waals surface area contributed by atoms with Crippen LogP contribution in [0.5, 0.6) is 17.2 Å². The molecule has 0 aliphatic carbocycles. The Kier molecular flexibility index (Phi) is 9.24. The molecule has 2 atom stereocenters. The number of benzene rings is 2. The van der Waals surface area contributed by atoms with Crippen LogP contribution in [0.1, 0.15) is 30.9 Å². The van der Waals surface area contributed by atoms with Crippen LogP contribution in [0.3, 0.4) is 0 Å². The number of amides is 2. The van der Waals surface area contributed by atoms with Crippen molar-refractivity contribution in [3.63, 3.8) is 0 Å². The van der Waals surface area contributed by atoms with Crippen molar-refractivity contribution in [2.24, 2.45) is 5.92 Å².